The van der Waals surface area contributed by atoms with E-state index in [2.05, 4.69) is 27.7 Å². The highest BCUT2D eigenvalue weighted by Crippen LogP contribution is 2.42. The molecule has 170 valence electrons. The van der Waals surface area contributed by atoms with Crippen LogP contribution in [0.4, 0.5) is 11.4 Å². The summed E-state index contributed by atoms with van der Waals surface area (Å²) in [7, 11) is 3.16. The van der Waals surface area contributed by atoms with E-state index in [9.17, 15) is 9.35 Å². The van der Waals surface area contributed by atoms with E-state index >= 15 is 0 Å². The van der Waals surface area contributed by atoms with Crippen molar-refractivity contribution in [3.05, 3.63) is 53.2 Å². The Morgan fingerprint density at radius 3 is 2.41 bits per heavy atom. The molecule has 2 aromatic rings. The van der Waals surface area contributed by atoms with Crippen LogP contribution in [0.1, 0.15) is 24.5 Å². The zero-order chi connectivity index (χ0) is 22.7. The van der Waals surface area contributed by atoms with Crippen molar-refractivity contribution in [2.45, 2.75) is 19.9 Å². The lowest BCUT2D eigenvalue weighted by molar-refractivity contribution is -0.110. The highest BCUT2D eigenvalue weighted by molar-refractivity contribution is 7.91. The van der Waals surface area contributed by atoms with Gasteiger partial charge >= 0.3 is 0 Å². The standard InChI is InChI=1S/C24H29N3O4S/c1-4-19(23-18-13-21(30-2)22(31-3)14-20(18)26-24(23)28)25-17-7-5-16(6-8-17)15-27-9-11-32(29)12-10-27/h5-8,13-14,25H,4,9-12,15H2,1-3H3,(H,26,28). The number of nitrogens with one attached hydrogen (secondary N) is 2. The van der Waals surface area contributed by atoms with Gasteiger partial charge in [0.15, 0.2) is 11.5 Å². The summed E-state index contributed by atoms with van der Waals surface area (Å²) in [6.45, 7) is 4.63. The van der Waals surface area contributed by atoms with Crippen molar-refractivity contribution in [2.75, 3.05) is 49.4 Å². The van der Waals surface area contributed by atoms with Gasteiger partial charge < -0.3 is 24.7 Å². The van der Waals surface area contributed by atoms with Crippen LogP contribution < -0.4 is 20.1 Å². The molecule has 0 saturated carbocycles. The Bertz CT molecular complexity index is 1010. The van der Waals surface area contributed by atoms with E-state index in [0.29, 0.717) is 29.2 Å². The van der Waals surface area contributed by atoms with Crippen LogP contribution in [-0.4, -0.2) is 54.2 Å². The first kappa shape index (κ1) is 22.5. The summed E-state index contributed by atoms with van der Waals surface area (Å²) >= 11 is -0.659. The van der Waals surface area contributed by atoms with E-state index in [0.717, 1.165) is 48.1 Å². The Morgan fingerprint density at radius 2 is 1.78 bits per heavy atom. The molecule has 32 heavy (non-hydrogen) atoms. The molecular formula is C24H29N3O4S. The highest BCUT2D eigenvalue weighted by Gasteiger charge is 2.29. The predicted octanol–water partition coefficient (Wildman–Crippen LogP) is 3.45. The fourth-order valence-corrected chi connectivity index (χ4v) is 5.21. The second-order valence-corrected chi connectivity index (χ2v) is 9.56. The fourth-order valence-electron chi connectivity index (χ4n) is 4.08. The zero-order valence-corrected chi connectivity index (χ0v) is 19.5. The van der Waals surface area contributed by atoms with E-state index in [1.165, 1.54) is 5.56 Å². The van der Waals surface area contributed by atoms with Gasteiger partial charge in [-0.2, -0.15) is 0 Å². The number of rotatable bonds is 7. The van der Waals surface area contributed by atoms with Gasteiger partial charge in [-0.05, 0) is 30.2 Å². The molecule has 0 radical (unpaired) electrons. The number of hydrogen-bond donors (Lipinski definition) is 2. The van der Waals surface area contributed by atoms with Crippen LogP contribution in [-0.2, 0) is 22.5 Å². The smallest absolute Gasteiger partial charge is 0.258 e. The van der Waals surface area contributed by atoms with Gasteiger partial charge in [0.1, 0.15) is 11.5 Å². The molecule has 0 aliphatic carbocycles. The number of carbonyl (C=O) groups excluding carboxylic acids is 1. The maximum Gasteiger partial charge on any atom is 0.258 e. The van der Waals surface area contributed by atoms with Crippen molar-refractivity contribution in [1.82, 2.24) is 4.90 Å². The summed E-state index contributed by atoms with van der Waals surface area (Å²) in [4.78, 5) is 15.1. The molecule has 7 nitrogen and oxygen atoms in total. The average Bonchev–Trinajstić information content (AvgIpc) is 3.13. The lowest BCUT2D eigenvalue weighted by Crippen LogP contribution is -2.39. The third-order valence-electron chi connectivity index (χ3n) is 5.85. The molecular weight excluding hydrogens is 426 g/mol. The number of hydrogen-bond acceptors (Lipinski definition) is 6. The monoisotopic (exact) mass is 455 g/mol. The van der Waals surface area contributed by atoms with Gasteiger partial charge in [-0.15, -0.1) is 0 Å². The molecule has 2 aliphatic rings. The minimum Gasteiger partial charge on any atom is -0.616 e. The summed E-state index contributed by atoms with van der Waals surface area (Å²) < 4.78 is 22.3. The summed E-state index contributed by atoms with van der Waals surface area (Å²) in [6.07, 6.45) is 0.670. The second-order valence-electron chi connectivity index (χ2n) is 7.86. The van der Waals surface area contributed by atoms with E-state index in [-0.39, 0.29) is 5.91 Å². The third-order valence-corrected chi connectivity index (χ3v) is 7.13. The Kier molecular flexibility index (Phi) is 6.93. The molecule has 2 N–H and O–H groups in total. The predicted molar refractivity (Wildman–Crippen MR) is 129 cm³/mol. The van der Waals surface area contributed by atoms with Crippen molar-refractivity contribution >= 4 is 34.0 Å². The first-order valence-corrected chi connectivity index (χ1v) is 12.2. The molecule has 0 spiro atoms. The number of fused-ring (bicyclic) bond motifs is 1. The van der Waals surface area contributed by atoms with Gasteiger partial charge in [-0.1, -0.05) is 30.2 Å². The summed E-state index contributed by atoms with van der Waals surface area (Å²) in [5.41, 5.74) is 5.13. The van der Waals surface area contributed by atoms with E-state index < -0.39 is 11.2 Å². The van der Waals surface area contributed by atoms with Crippen LogP contribution in [0.5, 0.6) is 11.5 Å². The highest BCUT2D eigenvalue weighted by atomic mass is 32.2. The molecule has 4 rings (SSSR count). The summed E-state index contributed by atoms with van der Waals surface area (Å²) in [5.74, 6) is 2.54. The zero-order valence-electron chi connectivity index (χ0n) is 18.7. The minimum atomic E-state index is -0.659. The number of carbonyl (C=O) groups is 1. The number of allylic oxidation sites excluding steroid dienone is 1. The molecule has 0 bridgehead atoms. The van der Waals surface area contributed by atoms with Gasteiger partial charge in [0.05, 0.1) is 25.5 Å². The SMILES string of the molecule is CCC(Nc1ccc(CN2CC[S+]([O-])CC2)cc1)=C1C(=O)Nc2cc(OC)c(OC)cc21. The van der Waals surface area contributed by atoms with Gasteiger partial charge in [0, 0.05) is 42.6 Å². The first-order chi connectivity index (χ1) is 15.5. The van der Waals surface area contributed by atoms with Crippen molar-refractivity contribution in [3.8, 4) is 11.5 Å². The largest absolute Gasteiger partial charge is 0.616 e. The fraction of sp³-hybridized carbons (Fsp3) is 0.375. The van der Waals surface area contributed by atoms with Crippen molar-refractivity contribution < 1.29 is 18.8 Å². The van der Waals surface area contributed by atoms with E-state index in [1.54, 1.807) is 20.3 Å². The first-order valence-electron chi connectivity index (χ1n) is 10.8. The number of amides is 1. The van der Waals surface area contributed by atoms with Gasteiger partial charge in [-0.3, -0.25) is 9.69 Å². The van der Waals surface area contributed by atoms with E-state index in [4.69, 9.17) is 9.47 Å². The maximum absolute atomic E-state index is 12.8. The van der Waals surface area contributed by atoms with E-state index in [1.807, 2.05) is 25.1 Å². The van der Waals surface area contributed by atoms with Crippen LogP contribution >= 0.6 is 0 Å². The lowest BCUT2D eigenvalue weighted by atomic mass is 10.0. The van der Waals surface area contributed by atoms with Crippen LogP contribution in [0.25, 0.3) is 5.57 Å². The molecule has 2 aromatic carbocycles. The quantitative estimate of drug-likeness (QED) is 0.491. The molecule has 2 aliphatic heterocycles. The molecule has 1 amide bonds. The average molecular weight is 456 g/mol. The number of benzene rings is 2. The third kappa shape index (κ3) is 4.72. The second kappa shape index (κ2) is 9.85. The topological polar surface area (TPSA) is 85.9 Å². The van der Waals surface area contributed by atoms with Crippen molar-refractivity contribution in [3.63, 3.8) is 0 Å². The molecule has 0 aromatic heterocycles. The minimum absolute atomic E-state index is 0.140. The number of ether oxygens (including phenoxy) is 2. The van der Waals surface area contributed by atoms with Crippen LogP contribution in [0.2, 0.25) is 0 Å². The van der Waals surface area contributed by atoms with Crippen LogP contribution in [0, 0.1) is 0 Å². The number of methoxy groups -OCH3 is 2. The lowest BCUT2D eigenvalue weighted by Gasteiger charge is -2.28. The van der Waals surface area contributed by atoms with Crippen LogP contribution in [0.15, 0.2) is 42.1 Å². The van der Waals surface area contributed by atoms with Gasteiger partial charge in [-0.25, -0.2) is 0 Å². The molecule has 0 atom stereocenters. The van der Waals surface area contributed by atoms with Gasteiger partial charge in [0.2, 0.25) is 0 Å². The summed E-state index contributed by atoms with van der Waals surface area (Å²) in [6, 6.07) is 11.9. The molecule has 2 heterocycles. The molecule has 1 fully saturated rings. The van der Waals surface area contributed by atoms with Crippen LogP contribution in [0.3, 0.4) is 0 Å². The molecule has 1 saturated heterocycles. The molecule has 8 heteroatoms. The Labute approximate surface area is 192 Å². The Morgan fingerprint density at radius 1 is 1.12 bits per heavy atom. The maximum atomic E-state index is 12.8. The normalized spacial score (nSPS) is 18.2. The number of anilines is 2. The Balaban J connectivity index is 1.54. The van der Waals surface area contributed by atoms with Crippen molar-refractivity contribution in [1.29, 1.82) is 0 Å². The summed E-state index contributed by atoms with van der Waals surface area (Å²) in [5, 5.41) is 6.37. The van der Waals surface area contributed by atoms with Gasteiger partial charge in [0.25, 0.3) is 5.91 Å². The van der Waals surface area contributed by atoms with Crippen molar-refractivity contribution in [2.24, 2.45) is 0 Å². The Hall–Kier alpha value is -2.68. The molecule has 0 unspecified atom stereocenters. The number of nitrogens with zero attached hydrogens (tertiary/aromatic N) is 1.